The van der Waals surface area contributed by atoms with E-state index in [0.29, 0.717) is 22.4 Å². The zero-order valence-corrected chi connectivity index (χ0v) is 17.5. The number of methoxy groups -OCH3 is 2. The number of hydrogen-bond acceptors (Lipinski definition) is 8. The Hall–Kier alpha value is -3.28. The molecule has 0 spiro atoms. The van der Waals surface area contributed by atoms with Gasteiger partial charge < -0.3 is 19.5 Å². The van der Waals surface area contributed by atoms with Gasteiger partial charge in [-0.05, 0) is 24.3 Å². The summed E-state index contributed by atoms with van der Waals surface area (Å²) in [4.78, 5) is 8.04. The summed E-state index contributed by atoms with van der Waals surface area (Å²) in [6, 6.07) is 6.18. The molecule has 0 aliphatic rings. The van der Waals surface area contributed by atoms with Crippen molar-refractivity contribution in [1.29, 1.82) is 0 Å². The second-order valence-electron chi connectivity index (χ2n) is 6.18. The van der Waals surface area contributed by atoms with E-state index < -0.39 is 21.9 Å². The molecular formula is C19H18F3N3O5S. The summed E-state index contributed by atoms with van der Waals surface area (Å²) in [7, 11) is -0.807. The molecule has 0 amide bonds. The highest BCUT2D eigenvalue weighted by Crippen LogP contribution is 2.38. The van der Waals surface area contributed by atoms with Crippen LogP contribution in [0.1, 0.15) is 6.92 Å². The number of fused-ring (bicyclic) bond motifs is 1. The molecule has 0 radical (unpaired) electrons. The first-order valence-electron chi connectivity index (χ1n) is 8.84. The van der Waals surface area contributed by atoms with Crippen LogP contribution in [-0.4, -0.2) is 44.7 Å². The summed E-state index contributed by atoms with van der Waals surface area (Å²) in [6.07, 6.45) is -3.78. The van der Waals surface area contributed by atoms with Crippen molar-refractivity contribution < 1.29 is 35.8 Å². The topological polar surface area (TPSA) is 99.6 Å². The van der Waals surface area contributed by atoms with Crippen LogP contribution >= 0.6 is 0 Å². The Morgan fingerprint density at radius 2 is 1.68 bits per heavy atom. The quantitative estimate of drug-likeness (QED) is 0.567. The largest absolute Gasteiger partial charge is 0.573 e. The van der Waals surface area contributed by atoms with Gasteiger partial charge in [0.2, 0.25) is 0 Å². The Morgan fingerprint density at radius 1 is 1.00 bits per heavy atom. The van der Waals surface area contributed by atoms with Gasteiger partial charge in [0.05, 0.1) is 36.1 Å². The number of nitrogens with one attached hydrogen (secondary N) is 1. The number of aromatic nitrogens is 2. The summed E-state index contributed by atoms with van der Waals surface area (Å²) in [5, 5.41) is 3.13. The van der Waals surface area contributed by atoms with E-state index in [9.17, 15) is 21.6 Å². The van der Waals surface area contributed by atoms with Crippen LogP contribution < -0.4 is 19.5 Å². The Kier molecular flexibility index (Phi) is 6.11. The molecule has 0 aliphatic heterocycles. The zero-order chi connectivity index (χ0) is 22.8. The maximum absolute atomic E-state index is 12.9. The van der Waals surface area contributed by atoms with Gasteiger partial charge in [-0.3, -0.25) is 0 Å². The minimum absolute atomic E-state index is 0.115. The molecule has 166 valence electrons. The summed E-state index contributed by atoms with van der Waals surface area (Å²) in [6.45, 7) is 1.43. The predicted octanol–water partition coefficient (Wildman–Crippen LogP) is 4.08. The Labute approximate surface area is 175 Å². The smallest absolute Gasteiger partial charge is 0.493 e. The molecule has 31 heavy (non-hydrogen) atoms. The molecule has 1 N–H and O–H groups in total. The number of sulfone groups is 1. The third kappa shape index (κ3) is 4.90. The van der Waals surface area contributed by atoms with Crippen molar-refractivity contribution in [2.75, 3.05) is 25.3 Å². The van der Waals surface area contributed by atoms with Gasteiger partial charge >= 0.3 is 6.36 Å². The fourth-order valence-electron chi connectivity index (χ4n) is 2.79. The highest BCUT2D eigenvalue weighted by molar-refractivity contribution is 7.91. The fourth-order valence-corrected chi connectivity index (χ4v) is 3.70. The Morgan fingerprint density at radius 3 is 2.29 bits per heavy atom. The van der Waals surface area contributed by atoms with Gasteiger partial charge in [0.1, 0.15) is 12.1 Å². The van der Waals surface area contributed by atoms with Gasteiger partial charge in [-0.2, -0.15) is 0 Å². The van der Waals surface area contributed by atoms with E-state index in [0.717, 1.165) is 18.2 Å². The number of benzene rings is 2. The molecule has 1 aromatic heterocycles. The van der Waals surface area contributed by atoms with Crippen LogP contribution in [-0.2, 0) is 9.84 Å². The van der Waals surface area contributed by atoms with Gasteiger partial charge in [-0.25, -0.2) is 18.4 Å². The van der Waals surface area contributed by atoms with Crippen molar-refractivity contribution in [2.24, 2.45) is 0 Å². The molecule has 3 rings (SSSR count). The lowest BCUT2D eigenvalue weighted by Gasteiger charge is -2.17. The molecule has 12 heteroatoms. The van der Waals surface area contributed by atoms with Crippen LogP contribution in [0.3, 0.4) is 0 Å². The van der Waals surface area contributed by atoms with Crippen LogP contribution in [0.2, 0.25) is 0 Å². The predicted molar refractivity (Wildman–Crippen MR) is 107 cm³/mol. The fraction of sp³-hybridized carbons (Fsp3) is 0.263. The third-order valence-electron chi connectivity index (χ3n) is 4.31. The van der Waals surface area contributed by atoms with Gasteiger partial charge in [-0.1, -0.05) is 6.92 Å². The minimum atomic E-state index is -4.98. The maximum Gasteiger partial charge on any atom is 0.573 e. The summed E-state index contributed by atoms with van der Waals surface area (Å²) < 4.78 is 77.6. The first-order valence-corrected chi connectivity index (χ1v) is 10.5. The molecule has 0 fully saturated rings. The highest BCUT2D eigenvalue weighted by Gasteiger charge is 2.32. The molecular weight excluding hydrogens is 439 g/mol. The van der Waals surface area contributed by atoms with Gasteiger partial charge in [0.25, 0.3) is 0 Å². The lowest BCUT2D eigenvalue weighted by Crippen LogP contribution is -2.18. The lowest BCUT2D eigenvalue weighted by molar-refractivity contribution is -0.274. The molecule has 0 bridgehead atoms. The number of halogens is 3. The number of alkyl halides is 3. The second kappa shape index (κ2) is 8.46. The molecule has 0 unspecified atom stereocenters. The van der Waals surface area contributed by atoms with Gasteiger partial charge in [-0.15, -0.1) is 13.2 Å². The highest BCUT2D eigenvalue weighted by atomic mass is 32.2. The van der Waals surface area contributed by atoms with Crippen LogP contribution in [0, 0.1) is 0 Å². The van der Waals surface area contributed by atoms with Crippen LogP contribution in [0.4, 0.5) is 24.7 Å². The Balaban J connectivity index is 2.16. The van der Waals surface area contributed by atoms with Crippen molar-refractivity contribution in [3.05, 3.63) is 36.7 Å². The molecule has 0 saturated carbocycles. The van der Waals surface area contributed by atoms with Gasteiger partial charge in [0, 0.05) is 11.5 Å². The molecule has 2 aromatic carbocycles. The summed E-state index contributed by atoms with van der Waals surface area (Å²) in [5.41, 5.74) is 0.187. The van der Waals surface area contributed by atoms with Crippen molar-refractivity contribution in [3.63, 3.8) is 0 Å². The average molecular weight is 457 g/mol. The molecule has 8 nitrogen and oxygen atoms in total. The van der Waals surface area contributed by atoms with Crippen molar-refractivity contribution in [2.45, 2.75) is 18.2 Å². The number of anilines is 2. The first-order chi connectivity index (χ1) is 14.6. The molecule has 0 atom stereocenters. The first kappa shape index (κ1) is 22.4. The van der Waals surface area contributed by atoms with E-state index in [1.165, 1.54) is 27.5 Å². The second-order valence-corrected chi connectivity index (χ2v) is 8.46. The standard InChI is InChI=1S/C19H18F3N3O5S/c1-4-31(26,27)11-5-6-15(30-19(20,21)22)14(7-11)25-18-12-8-16(28-2)17(29-3)9-13(12)23-10-24-18/h5-10H,4H2,1-3H3,(H,23,24,25). The normalized spacial score (nSPS) is 11.9. The van der Waals surface area contributed by atoms with Crippen molar-refractivity contribution in [3.8, 4) is 17.2 Å². The minimum Gasteiger partial charge on any atom is -0.493 e. The van der Waals surface area contributed by atoms with Crippen LogP contribution in [0.5, 0.6) is 17.2 Å². The molecule has 1 heterocycles. The average Bonchev–Trinajstić information content (AvgIpc) is 2.73. The van der Waals surface area contributed by atoms with Crippen LogP contribution in [0.25, 0.3) is 10.9 Å². The number of ether oxygens (including phenoxy) is 3. The van der Waals surface area contributed by atoms with Crippen molar-refractivity contribution in [1.82, 2.24) is 9.97 Å². The van der Waals surface area contributed by atoms with Crippen molar-refractivity contribution >= 4 is 32.2 Å². The number of hydrogen-bond donors (Lipinski definition) is 1. The van der Waals surface area contributed by atoms with E-state index in [1.54, 1.807) is 12.1 Å². The lowest BCUT2D eigenvalue weighted by atomic mass is 10.2. The summed E-state index contributed by atoms with van der Waals surface area (Å²) >= 11 is 0. The number of nitrogens with zero attached hydrogens (tertiary/aromatic N) is 2. The van der Waals surface area contributed by atoms with E-state index in [1.807, 2.05) is 0 Å². The van der Waals surface area contributed by atoms with E-state index in [4.69, 9.17) is 9.47 Å². The molecule has 3 aromatic rings. The maximum atomic E-state index is 12.9. The zero-order valence-electron chi connectivity index (χ0n) is 16.6. The van der Waals surface area contributed by atoms with Gasteiger partial charge in [0.15, 0.2) is 27.1 Å². The Bertz CT molecular complexity index is 1220. The SMILES string of the molecule is CCS(=O)(=O)c1ccc(OC(F)(F)F)c(Nc2ncnc3cc(OC)c(OC)cc23)c1. The monoisotopic (exact) mass is 457 g/mol. The van der Waals surface area contributed by atoms with Crippen LogP contribution in [0.15, 0.2) is 41.6 Å². The summed E-state index contributed by atoms with van der Waals surface area (Å²) in [5.74, 6) is 0.0248. The number of rotatable bonds is 7. The molecule has 0 aliphatic carbocycles. The van der Waals surface area contributed by atoms with E-state index >= 15 is 0 Å². The molecule has 0 saturated heterocycles. The third-order valence-corrected chi connectivity index (χ3v) is 6.04. The van der Waals surface area contributed by atoms with E-state index in [2.05, 4.69) is 20.0 Å². The van der Waals surface area contributed by atoms with E-state index in [-0.39, 0.29) is 22.2 Å².